The summed E-state index contributed by atoms with van der Waals surface area (Å²) in [6, 6.07) is 12.0. The molecule has 5 aromatic rings. The minimum atomic E-state index is 0.364. The first-order chi connectivity index (χ1) is 14.8. The summed E-state index contributed by atoms with van der Waals surface area (Å²) in [5.41, 5.74) is 3.55. The molecule has 4 heterocycles. The first kappa shape index (κ1) is 17.7. The average Bonchev–Trinajstić information content (AvgIpc) is 3.54. The topological polar surface area (TPSA) is 65.5 Å². The Hall–Kier alpha value is -3.19. The van der Waals surface area contributed by atoms with Crippen LogP contribution in [0.15, 0.2) is 47.1 Å². The number of benzene rings is 1. The van der Waals surface area contributed by atoms with E-state index in [0.29, 0.717) is 18.2 Å². The van der Waals surface area contributed by atoms with Crippen LogP contribution in [0.5, 0.6) is 5.75 Å². The van der Waals surface area contributed by atoms with Crippen molar-refractivity contribution in [2.24, 2.45) is 0 Å². The second kappa shape index (κ2) is 6.95. The molecule has 0 N–H and O–H groups in total. The fourth-order valence-corrected chi connectivity index (χ4v) is 5.27. The van der Waals surface area contributed by atoms with E-state index in [1.54, 1.807) is 22.2 Å². The van der Waals surface area contributed by atoms with Crippen molar-refractivity contribution < 1.29 is 9.15 Å². The number of hydrogen-bond acceptors (Lipinski definition) is 6. The summed E-state index contributed by atoms with van der Waals surface area (Å²) in [5.74, 6) is 2.78. The molecule has 7 heteroatoms. The lowest BCUT2D eigenvalue weighted by molar-refractivity contribution is 0.271. The van der Waals surface area contributed by atoms with Gasteiger partial charge in [0.1, 0.15) is 29.3 Å². The maximum Gasteiger partial charge on any atom is 0.217 e. The van der Waals surface area contributed by atoms with E-state index in [0.717, 1.165) is 46.6 Å². The van der Waals surface area contributed by atoms with Crippen LogP contribution in [0.3, 0.4) is 0 Å². The Labute approximate surface area is 177 Å². The number of nitrogens with zero attached hydrogens (tertiary/aromatic N) is 4. The third kappa shape index (κ3) is 2.89. The summed E-state index contributed by atoms with van der Waals surface area (Å²) in [5, 5.41) is 5.75. The number of ether oxygens (including phenoxy) is 1. The molecule has 6 rings (SSSR count). The van der Waals surface area contributed by atoms with Gasteiger partial charge in [0.05, 0.1) is 5.39 Å². The van der Waals surface area contributed by atoms with Gasteiger partial charge in [0.2, 0.25) is 5.82 Å². The Balaban J connectivity index is 1.28. The highest BCUT2D eigenvalue weighted by atomic mass is 32.1. The molecule has 1 aliphatic rings. The van der Waals surface area contributed by atoms with E-state index in [9.17, 15) is 0 Å². The number of fused-ring (bicyclic) bond motifs is 5. The number of rotatable bonds is 5. The van der Waals surface area contributed by atoms with Gasteiger partial charge in [-0.1, -0.05) is 19.1 Å². The first-order valence-corrected chi connectivity index (χ1v) is 11.1. The van der Waals surface area contributed by atoms with Crippen LogP contribution in [-0.2, 0) is 25.9 Å². The van der Waals surface area contributed by atoms with E-state index >= 15 is 0 Å². The van der Waals surface area contributed by atoms with Gasteiger partial charge in [0.15, 0.2) is 11.4 Å². The molecule has 0 saturated carbocycles. The molecule has 30 heavy (non-hydrogen) atoms. The summed E-state index contributed by atoms with van der Waals surface area (Å²) in [4.78, 5) is 11.9. The van der Waals surface area contributed by atoms with Crippen molar-refractivity contribution in [3.05, 3.63) is 64.5 Å². The van der Waals surface area contributed by atoms with E-state index < -0.39 is 0 Å². The van der Waals surface area contributed by atoms with Crippen LogP contribution in [0.2, 0.25) is 0 Å². The van der Waals surface area contributed by atoms with Crippen LogP contribution in [0.4, 0.5) is 0 Å². The second-order valence-electron chi connectivity index (χ2n) is 7.54. The van der Waals surface area contributed by atoms with Gasteiger partial charge in [-0.25, -0.2) is 14.5 Å². The number of thiophene rings is 1. The molecule has 0 spiro atoms. The number of aryl methyl sites for hydroxylation is 3. The van der Waals surface area contributed by atoms with Crippen molar-refractivity contribution in [1.82, 2.24) is 19.6 Å². The van der Waals surface area contributed by atoms with Crippen molar-refractivity contribution in [3.8, 4) is 17.3 Å². The Morgan fingerprint density at radius 2 is 2.03 bits per heavy atom. The summed E-state index contributed by atoms with van der Waals surface area (Å²) >= 11 is 1.78. The summed E-state index contributed by atoms with van der Waals surface area (Å²) in [7, 11) is 0. The normalized spacial score (nSPS) is 13.4. The van der Waals surface area contributed by atoms with Crippen molar-refractivity contribution >= 4 is 27.2 Å². The van der Waals surface area contributed by atoms with Gasteiger partial charge in [-0.2, -0.15) is 0 Å². The van der Waals surface area contributed by atoms with Crippen molar-refractivity contribution in [2.45, 2.75) is 39.2 Å². The van der Waals surface area contributed by atoms with Gasteiger partial charge in [-0.3, -0.25) is 0 Å². The smallest absolute Gasteiger partial charge is 0.217 e. The SMILES string of the molecule is CCc1ccc(OCc2ccc(-c3nc4c5c6c(sc5ncn4n3)CCC6)o2)cc1. The fourth-order valence-electron chi connectivity index (χ4n) is 4.05. The van der Waals surface area contributed by atoms with E-state index in [1.807, 2.05) is 24.3 Å². The highest BCUT2D eigenvalue weighted by molar-refractivity contribution is 7.19. The van der Waals surface area contributed by atoms with Gasteiger partial charge in [0.25, 0.3) is 0 Å². The minimum Gasteiger partial charge on any atom is -0.486 e. The molecule has 6 nitrogen and oxygen atoms in total. The maximum absolute atomic E-state index is 5.97. The van der Waals surface area contributed by atoms with Crippen molar-refractivity contribution in [2.75, 3.05) is 0 Å². The van der Waals surface area contributed by atoms with Gasteiger partial charge >= 0.3 is 0 Å². The monoisotopic (exact) mass is 416 g/mol. The Morgan fingerprint density at radius 3 is 2.90 bits per heavy atom. The predicted octanol–water partition coefficient (Wildman–Crippen LogP) is 5.23. The van der Waals surface area contributed by atoms with Crippen molar-refractivity contribution in [3.63, 3.8) is 0 Å². The molecule has 0 radical (unpaired) electrons. The molecular weight excluding hydrogens is 396 g/mol. The largest absolute Gasteiger partial charge is 0.486 e. The van der Waals surface area contributed by atoms with Crippen LogP contribution in [-0.4, -0.2) is 19.6 Å². The molecule has 4 aromatic heterocycles. The molecular formula is C23H20N4O2S. The number of hydrogen-bond donors (Lipinski definition) is 0. The Kier molecular flexibility index (Phi) is 4.09. The summed E-state index contributed by atoms with van der Waals surface area (Å²) < 4.78 is 13.6. The molecule has 150 valence electrons. The molecule has 0 saturated heterocycles. The molecule has 0 fully saturated rings. The van der Waals surface area contributed by atoms with Gasteiger partial charge in [-0.15, -0.1) is 16.4 Å². The van der Waals surface area contributed by atoms with Crippen LogP contribution in [0, 0.1) is 0 Å². The second-order valence-corrected chi connectivity index (χ2v) is 8.62. The van der Waals surface area contributed by atoms with E-state index in [1.165, 1.54) is 22.4 Å². The molecule has 1 aromatic carbocycles. The molecule has 1 aliphatic carbocycles. The van der Waals surface area contributed by atoms with E-state index in [4.69, 9.17) is 14.1 Å². The predicted molar refractivity (Wildman–Crippen MR) is 116 cm³/mol. The molecule has 0 unspecified atom stereocenters. The zero-order valence-electron chi connectivity index (χ0n) is 16.6. The van der Waals surface area contributed by atoms with Crippen molar-refractivity contribution in [1.29, 1.82) is 0 Å². The Bertz CT molecular complexity index is 1360. The lowest BCUT2D eigenvalue weighted by atomic mass is 10.2. The van der Waals surface area contributed by atoms with Crippen LogP contribution >= 0.6 is 11.3 Å². The molecule has 0 bridgehead atoms. The molecule has 0 aliphatic heterocycles. The lowest BCUT2D eigenvalue weighted by Crippen LogP contribution is -1.93. The van der Waals surface area contributed by atoms with E-state index in [2.05, 4.69) is 29.1 Å². The van der Waals surface area contributed by atoms with Gasteiger partial charge in [-0.05, 0) is 61.1 Å². The zero-order chi connectivity index (χ0) is 20.1. The quantitative estimate of drug-likeness (QED) is 0.393. The standard InChI is InChI=1S/C23H20N4O2S/c1-2-14-6-8-15(9-7-14)28-12-16-10-11-18(29-16)21-25-22-20-17-4-3-5-19(17)30-23(20)24-13-27(22)26-21/h6-11,13H,2-5,12H2,1H3. The van der Waals surface area contributed by atoms with Gasteiger partial charge in [0, 0.05) is 4.88 Å². The maximum atomic E-state index is 5.97. The number of aromatic nitrogens is 4. The van der Waals surface area contributed by atoms with Gasteiger partial charge < -0.3 is 9.15 Å². The third-order valence-corrected chi connectivity index (χ3v) is 6.84. The molecule has 0 atom stereocenters. The Morgan fingerprint density at radius 1 is 1.13 bits per heavy atom. The minimum absolute atomic E-state index is 0.364. The van der Waals surface area contributed by atoms with Crippen LogP contribution in [0.1, 0.15) is 35.1 Å². The highest BCUT2D eigenvalue weighted by Crippen LogP contribution is 2.38. The number of furan rings is 1. The van der Waals surface area contributed by atoms with Crippen LogP contribution < -0.4 is 4.74 Å². The average molecular weight is 417 g/mol. The lowest BCUT2D eigenvalue weighted by Gasteiger charge is -2.04. The zero-order valence-corrected chi connectivity index (χ0v) is 17.4. The molecule has 0 amide bonds. The van der Waals surface area contributed by atoms with E-state index in [-0.39, 0.29) is 0 Å². The highest BCUT2D eigenvalue weighted by Gasteiger charge is 2.22. The summed E-state index contributed by atoms with van der Waals surface area (Å²) in [6.07, 6.45) is 6.21. The fraction of sp³-hybridized carbons (Fsp3) is 0.261. The first-order valence-electron chi connectivity index (χ1n) is 10.2. The summed E-state index contributed by atoms with van der Waals surface area (Å²) in [6.45, 7) is 2.50. The third-order valence-electron chi connectivity index (χ3n) is 5.64. The van der Waals surface area contributed by atoms with Crippen LogP contribution in [0.25, 0.3) is 27.4 Å².